The smallest absolute Gasteiger partial charge is 0.339 e. The Balaban J connectivity index is 1.97. The van der Waals surface area contributed by atoms with Gasteiger partial charge in [0.25, 0.3) is 0 Å². The van der Waals surface area contributed by atoms with Gasteiger partial charge in [0.15, 0.2) is 6.10 Å². The normalized spacial score (nSPS) is 23.3. The molecule has 0 aromatic heterocycles. The quantitative estimate of drug-likeness (QED) is 0.825. The summed E-state index contributed by atoms with van der Waals surface area (Å²) in [6.07, 6.45) is 3.83. The summed E-state index contributed by atoms with van der Waals surface area (Å²) >= 11 is 0. The van der Waals surface area contributed by atoms with Crippen molar-refractivity contribution < 1.29 is 14.6 Å². The maximum atomic E-state index is 11.6. The lowest BCUT2D eigenvalue weighted by atomic mass is 9.68. The maximum Gasteiger partial charge on any atom is 0.339 e. The molecule has 1 saturated carbocycles. The van der Waals surface area contributed by atoms with Gasteiger partial charge in [-0.25, -0.2) is 4.79 Å². The Labute approximate surface area is 140 Å². The van der Waals surface area contributed by atoms with E-state index in [0.717, 1.165) is 5.92 Å². The van der Waals surface area contributed by atoms with E-state index in [2.05, 4.69) is 32.9 Å². The first-order chi connectivity index (χ1) is 10.8. The van der Waals surface area contributed by atoms with Gasteiger partial charge >= 0.3 is 5.97 Å². The minimum absolute atomic E-state index is 0.283. The van der Waals surface area contributed by atoms with E-state index in [4.69, 9.17) is 4.74 Å². The summed E-state index contributed by atoms with van der Waals surface area (Å²) < 4.78 is 4.86. The molecule has 2 rings (SSSR count). The standard InChI is InChI=1S/C20H30O3/c1-5-23-19(22)18(21)16-8-6-14(7-9-16)15-10-12-17(13-11-15)20(2,3)4/h6-9,15,17-18,21H,5,10-13H2,1-4H3. The van der Waals surface area contributed by atoms with Gasteiger partial charge in [0, 0.05) is 0 Å². The van der Waals surface area contributed by atoms with E-state index in [9.17, 15) is 9.90 Å². The minimum atomic E-state index is -1.18. The molecular weight excluding hydrogens is 288 g/mol. The predicted octanol–water partition coefficient (Wildman–Crippen LogP) is 4.60. The maximum absolute atomic E-state index is 11.6. The number of carbonyl (C=O) groups excluding carboxylic acids is 1. The van der Waals surface area contributed by atoms with Gasteiger partial charge in [-0.15, -0.1) is 0 Å². The van der Waals surface area contributed by atoms with Crippen LogP contribution >= 0.6 is 0 Å². The van der Waals surface area contributed by atoms with Crippen molar-refractivity contribution in [2.24, 2.45) is 11.3 Å². The summed E-state index contributed by atoms with van der Waals surface area (Å²) in [7, 11) is 0. The Morgan fingerprint density at radius 1 is 1.17 bits per heavy atom. The molecule has 0 radical (unpaired) electrons. The third-order valence-corrected chi connectivity index (χ3v) is 5.19. The van der Waals surface area contributed by atoms with Crippen molar-refractivity contribution in [1.82, 2.24) is 0 Å². The van der Waals surface area contributed by atoms with E-state index >= 15 is 0 Å². The van der Waals surface area contributed by atoms with E-state index < -0.39 is 12.1 Å². The van der Waals surface area contributed by atoms with E-state index in [-0.39, 0.29) is 6.61 Å². The van der Waals surface area contributed by atoms with Crippen LogP contribution in [0.3, 0.4) is 0 Å². The van der Waals surface area contributed by atoms with Crippen LogP contribution in [0.25, 0.3) is 0 Å². The average molecular weight is 318 g/mol. The van der Waals surface area contributed by atoms with Crippen molar-refractivity contribution in [3.63, 3.8) is 0 Å². The number of esters is 1. The third kappa shape index (κ3) is 4.57. The number of hydrogen-bond acceptors (Lipinski definition) is 3. The van der Waals surface area contributed by atoms with Gasteiger partial charge < -0.3 is 9.84 Å². The van der Waals surface area contributed by atoms with Crippen molar-refractivity contribution in [3.8, 4) is 0 Å². The van der Waals surface area contributed by atoms with E-state index in [1.54, 1.807) is 6.92 Å². The minimum Gasteiger partial charge on any atom is -0.464 e. The van der Waals surface area contributed by atoms with Crippen molar-refractivity contribution in [2.45, 2.75) is 65.4 Å². The summed E-state index contributed by atoms with van der Waals surface area (Å²) in [5, 5.41) is 9.97. The Morgan fingerprint density at radius 2 is 1.74 bits per heavy atom. The topological polar surface area (TPSA) is 46.5 Å². The van der Waals surface area contributed by atoms with Crippen LogP contribution in [0.1, 0.15) is 76.5 Å². The van der Waals surface area contributed by atoms with Crippen LogP contribution < -0.4 is 0 Å². The SMILES string of the molecule is CCOC(=O)C(O)c1ccc(C2CCC(C(C)(C)C)CC2)cc1. The highest BCUT2D eigenvalue weighted by Crippen LogP contribution is 2.43. The summed E-state index contributed by atoms with van der Waals surface area (Å²) in [5.74, 6) is 0.831. The second-order valence-electron chi connectivity index (χ2n) is 7.74. The molecule has 1 aromatic carbocycles. The number of aliphatic hydroxyl groups is 1. The highest BCUT2D eigenvalue weighted by molar-refractivity contribution is 5.76. The molecule has 128 valence electrons. The van der Waals surface area contributed by atoms with Gasteiger partial charge in [-0.3, -0.25) is 0 Å². The molecule has 1 fully saturated rings. The molecule has 3 nitrogen and oxygen atoms in total. The molecule has 1 unspecified atom stereocenters. The molecule has 0 bridgehead atoms. The van der Waals surface area contributed by atoms with Crippen LogP contribution in [-0.4, -0.2) is 17.7 Å². The van der Waals surface area contributed by atoms with Crippen LogP contribution in [-0.2, 0) is 9.53 Å². The summed E-state index contributed by atoms with van der Waals surface area (Å²) in [6.45, 7) is 9.03. The van der Waals surface area contributed by atoms with Gasteiger partial charge in [0.1, 0.15) is 0 Å². The van der Waals surface area contributed by atoms with Gasteiger partial charge in [-0.1, -0.05) is 45.0 Å². The van der Waals surface area contributed by atoms with Crippen molar-refractivity contribution in [3.05, 3.63) is 35.4 Å². The van der Waals surface area contributed by atoms with Crippen LogP contribution in [0.4, 0.5) is 0 Å². The molecule has 0 saturated heterocycles. The van der Waals surface area contributed by atoms with Crippen LogP contribution in [0.15, 0.2) is 24.3 Å². The summed E-state index contributed by atoms with van der Waals surface area (Å²) in [4.78, 5) is 11.6. The summed E-state index contributed by atoms with van der Waals surface area (Å²) in [6, 6.07) is 7.82. The first-order valence-electron chi connectivity index (χ1n) is 8.77. The molecule has 23 heavy (non-hydrogen) atoms. The molecule has 1 aliphatic carbocycles. The third-order valence-electron chi connectivity index (χ3n) is 5.19. The van der Waals surface area contributed by atoms with Gasteiger partial charge in [-0.2, -0.15) is 0 Å². The van der Waals surface area contributed by atoms with Gasteiger partial charge in [-0.05, 0) is 61.0 Å². The zero-order chi connectivity index (χ0) is 17.0. The van der Waals surface area contributed by atoms with Crippen molar-refractivity contribution in [2.75, 3.05) is 6.61 Å². The zero-order valence-corrected chi connectivity index (χ0v) is 14.8. The van der Waals surface area contributed by atoms with Crippen LogP contribution in [0, 0.1) is 11.3 Å². The molecule has 1 atom stereocenters. The average Bonchev–Trinajstić information content (AvgIpc) is 2.54. The van der Waals surface area contributed by atoms with Gasteiger partial charge in [0.05, 0.1) is 6.61 Å². The second kappa shape index (κ2) is 7.48. The molecule has 0 heterocycles. The molecule has 0 spiro atoms. The Morgan fingerprint density at radius 3 is 2.22 bits per heavy atom. The first-order valence-corrected chi connectivity index (χ1v) is 8.77. The highest BCUT2D eigenvalue weighted by atomic mass is 16.5. The largest absolute Gasteiger partial charge is 0.464 e. The monoisotopic (exact) mass is 318 g/mol. The van der Waals surface area contributed by atoms with Crippen LogP contribution in [0.5, 0.6) is 0 Å². The molecule has 1 aliphatic rings. The number of ether oxygens (including phenoxy) is 1. The molecule has 1 N–H and O–H groups in total. The molecule has 0 amide bonds. The zero-order valence-electron chi connectivity index (χ0n) is 14.8. The van der Waals surface area contributed by atoms with Gasteiger partial charge in [0.2, 0.25) is 0 Å². The number of hydrogen-bond donors (Lipinski definition) is 1. The summed E-state index contributed by atoms with van der Waals surface area (Å²) in [5.41, 5.74) is 2.33. The number of carbonyl (C=O) groups is 1. The lowest BCUT2D eigenvalue weighted by Gasteiger charge is -2.37. The number of aliphatic hydroxyl groups excluding tert-OH is 1. The van der Waals surface area contributed by atoms with Crippen molar-refractivity contribution in [1.29, 1.82) is 0 Å². The molecule has 0 aliphatic heterocycles. The molecular formula is C20H30O3. The lowest BCUT2D eigenvalue weighted by Crippen LogP contribution is -2.25. The second-order valence-corrected chi connectivity index (χ2v) is 7.74. The first kappa shape index (κ1) is 18.0. The van der Waals surface area contributed by atoms with Crippen molar-refractivity contribution >= 4 is 5.97 Å². The van der Waals surface area contributed by atoms with E-state index in [0.29, 0.717) is 16.9 Å². The van der Waals surface area contributed by atoms with Crippen LogP contribution in [0.2, 0.25) is 0 Å². The molecule has 3 heteroatoms. The number of benzene rings is 1. The predicted molar refractivity (Wildman–Crippen MR) is 92.2 cm³/mol. The fourth-order valence-electron chi connectivity index (χ4n) is 3.60. The fraction of sp³-hybridized carbons (Fsp3) is 0.650. The number of rotatable bonds is 4. The molecule has 1 aromatic rings. The lowest BCUT2D eigenvalue weighted by molar-refractivity contribution is -0.153. The Kier molecular flexibility index (Phi) is 5.85. The Hall–Kier alpha value is -1.35. The van der Waals surface area contributed by atoms with E-state index in [1.807, 2.05) is 12.1 Å². The van der Waals surface area contributed by atoms with E-state index in [1.165, 1.54) is 31.2 Å². The fourth-order valence-corrected chi connectivity index (χ4v) is 3.60. The Bertz CT molecular complexity index is 505. The highest BCUT2D eigenvalue weighted by Gasteiger charge is 2.30.